The van der Waals surface area contributed by atoms with E-state index in [1.165, 1.54) is 18.3 Å². The summed E-state index contributed by atoms with van der Waals surface area (Å²) in [5.74, 6) is -0.912. The molecule has 1 saturated carbocycles. The van der Waals surface area contributed by atoms with E-state index >= 15 is 0 Å². The average Bonchev–Trinajstić information content (AvgIpc) is 2.68. The maximum atomic E-state index is 12.2. The monoisotopic (exact) mass is 351 g/mol. The van der Waals surface area contributed by atoms with Crippen molar-refractivity contribution in [2.75, 3.05) is 0 Å². The Morgan fingerprint density at radius 3 is 2.46 bits per heavy atom. The van der Waals surface area contributed by atoms with E-state index in [0.29, 0.717) is 5.69 Å². The first-order valence-electron chi connectivity index (χ1n) is 9.38. The minimum Gasteiger partial charge on any atom is -0.347 e. The van der Waals surface area contributed by atoms with Gasteiger partial charge in [0.05, 0.1) is 12.1 Å². The number of benzene rings is 1. The van der Waals surface area contributed by atoms with E-state index in [2.05, 4.69) is 27.4 Å². The van der Waals surface area contributed by atoms with E-state index in [-0.39, 0.29) is 12.5 Å². The summed E-state index contributed by atoms with van der Waals surface area (Å²) in [6.45, 7) is 0. The Labute approximate surface area is 154 Å². The molecule has 3 rings (SSSR count). The lowest BCUT2D eigenvalue weighted by Crippen LogP contribution is -2.40. The zero-order valence-electron chi connectivity index (χ0n) is 15.0. The largest absolute Gasteiger partial charge is 0.347 e. The van der Waals surface area contributed by atoms with Crippen molar-refractivity contribution in [1.29, 1.82) is 0 Å². The highest BCUT2D eigenvalue weighted by atomic mass is 16.2. The van der Waals surface area contributed by atoms with Gasteiger partial charge in [0.25, 0.3) is 5.91 Å². The van der Waals surface area contributed by atoms with Gasteiger partial charge < -0.3 is 5.32 Å². The van der Waals surface area contributed by atoms with Crippen LogP contribution >= 0.6 is 0 Å². The molecule has 1 aliphatic rings. The lowest BCUT2D eigenvalue weighted by molar-refractivity contribution is -0.138. The molecule has 1 aromatic heterocycles. The molecule has 1 aromatic carbocycles. The van der Waals surface area contributed by atoms with Gasteiger partial charge in [-0.1, -0.05) is 49.6 Å². The third kappa shape index (κ3) is 5.48. The van der Waals surface area contributed by atoms with Gasteiger partial charge in [-0.15, -0.1) is 0 Å². The molecule has 1 N–H and O–H groups in total. The van der Waals surface area contributed by atoms with Crippen molar-refractivity contribution in [2.45, 2.75) is 57.4 Å². The summed E-state index contributed by atoms with van der Waals surface area (Å²) in [5, 5.41) is 2.87. The van der Waals surface area contributed by atoms with Crippen molar-refractivity contribution in [3.63, 3.8) is 0 Å². The quantitative estimate of drug-likeness (QED) is 0.779. The summed E-state index contributed by atoms with van der Waals surface area (Å²) in [5.41, 5.74) is 2.74. The third-order valence-corrected chi connectivity index (χ3v) is 4.83. The van der Waals surface area contributed by atoms with Gasteiger partial charge in [0.1, 0.15) is 6.33 Å². The molecule has 0 unspecified atom stereocenters. The van der Waals surface area contributed by atoms with E-state index in [9.17, 15) is 9.59 Å². The molecule has 1 amide bonds. The van der Waals surface area contributed by atoms with E-state index in [1.807, 2.05) is 24.3 Å². The van der Waals surface area contributed by atoms with Gasteiger partial charge in [-0.3, -0.25) is 9.59 Å². The second-order valence-electron chi connectivity index (χ2n) is 6.89. The number of hydrogen-bond donors (Lipinski definition) is 1. The Hall–Kier alpha value is -2.56. The number of amides is 1. The first-order valence-corrected chi connectivity index (χ1v) is 9.38. The molecule has 0 bridgehead atoms. The average molecular weight is 351 g/mol. The highest BCUT2D eigenvalue weighted by molar-refractivity contribution is 6.36. The van der Waals surface area contributed by atoms with Crippen LogP contribution in [-0.4, -0.2) is 27.7 Å². The molecule has 0 spiro atoms. The molecule has 1 fully saturated rings. The number of nitrogens with one attached hydrogen (secondary N) is 1. The fraction of sp³-hybridized carbons (Fsp3) is 0.429. The molecule has 26 heavy (non-hydrogen) atoms. The van der Waals surface area contributed by atoms with Gasteiger partial charge in [0.2, 0.25) is 5.78 Å². The maximum absolute atomic E-state index is 12.2. The van der Waals surface area contributed by atoms with Crippen LogP contribution in [0.2, 0.25) is 0 Å². The molecule has 0 atom stereocenters. The number of rotatable bonds is 7. The van der Waals surface area contributed by atoms with Crippen LogP contribution in [0.15, 0.2) is 42.7 Å². The highest BCUT2D eigenvalue weighted by Gasteiger charge is 2.21. The SMILES string of the molecule is O=C(Cc1cc(CCc2ccccc2)ncn1)C(=O)NC1CCCCC1. The topological polar surface area (TPSA) is 72.0 Å². The van der Waals surface area contributed by atoms with Crippen LogP contribution in [0.25, 0.3) is 0 Å². The second-order valence-corrected chi connectivity index (χ2v) is 6.89. The molecular weight excluding hydrogens is 326 g/mol. The molecule has 136 valence electrons. The summed E-state index contributed by atoms with van der Waals surface area (Å²) in [6.07, 6.45) is 8.56. The molecular formula is C21H25N3O2. The fourth-order valence-electron chi connectivity index (χ4n) is 3.35. The molecule has 0 radical (unpaired) electrons. The molecule has 1 aliphatic carbocycles. The summed E-state index contributed by atoms with van der Waals surface area (Å²) < 4.78 is 0. The molecule has 2 aromatic rings. The smallest absolute Gasteiger partial charge is 0.288 e. The Bertz CT molecular complexity index is 740. The van der Waals surface area contributed by atoms with Crippen molar-refractivity contribution >= 4 is 11.7 Å². The van der Waals surface area contributed by atoms with Crippen LogP contribution < -0.4 is 5.32 Å². The Morgan fingerprint density at radius 2 is 1.69 bits per heavy atom. The predicted molar refractivity (Wildman–Crippen MR) is 99.6 cm³/mol. The number of aromatic nitrogens is 2. The minimum absolute atomic E-state index is 0.0272. The summed E-state index contributed by atoms with van der Waals surface area (Å²) in [4.78, 5) is 32.7. The van der Waals surface area contributed by atoms with Gasteiger partial charge >= 0.3 is 0 Å². The minimum atomic E-state index is -0.485. The van der Waals surface area contributed by atoms with Crippen LogP contribution in [0.1, 0.15) is 49.1 Å². The number of Topliss-reactive ketones (excluding diaryl/α,β-unsaturated/α-hetero) is 1. The van der Waals surface area contributed by atoms with Crippen molar-refractivity contribution in [3.05, 3.63) is 59.7 Å². The molecule has 5 heteroatoms. The van der Waals surface area contributed by atoms with Gasteiger partial charge in [-0.2, -0.15) is 0 Å². The summed E-state index contributed by atoms with van der Waals surface area (Å²) in [7, 11) is 0. The standard InChI is InChI=1S/C21H25N3O2/c25-20(21(26)24-17-9-5-2-6-10-17)14-19-13-18(22-15-23-19)12-11-16-7-3-1-4-8-16/h1,3-4,7-8,13,15,17H,2,5-6,9-12,14H2,(H,24,26). The molecule has 0 saturated heterocycles. The lowest BCUT2D eigenvalue weighted by atomic mass is 9.95. The van der Waals surface area contributed by atoms with Crippen LogP contribution in [0.4, 0.5) is 0 Å². The van der Waals surface area contributed by atoms with Crippen molar-refractivity contribution in [1.82, 2.24) is 15.3 Å². The van der Waals surface area contributed by atoms with Gasteiger partial charge in [0.15, 0.2) is 0 Å². The third-order valence-electron chi connectivity index (χ3n) is 4.83. The number of carbonyl (C=O) groups is 2. The van der Waals surface area contributed by atoms with Crippen LogP contribution in [0.5, 0.6) is 0 Å². The Kier molecular flexibility index (Phi) is 6.47. The van der Waals surface area contributed by atoms with Gasteiger partial charge in [-0.05, 0) is 37.3 Å². The Balaban J connectivity index is 1.52. The maximum Gasteiger partial charge on any atom is 0.288 e. The van der Waals surface area contributed by atoms with Crippen molar-refractivity contribution in [3.8, 4) is 0 Å². The van der Waals surface area contributed by atoms with Crippen LogP contribution in [0.3, 0.4) is 0 Å². The van der Waals surface area contributed by atoms with E-state index in [0.717, 1.165) is 44.2 Å². The van der Waals surface area contributed by atoms with Crippen LogP contribution in [0, 0.1) is 0 Å². The number of aryl methyl sites for hydroxylation is 2. The van der Waals surface area contributed by atoms with Crippen LogP contribution in [-0.2, 0) is 28.9 Å². The zero-order chi connectivity index (χ0) is 18.2. The fourth-order valence-corrected chi connectivity index (χ4v) is 3.35. The summed E-state index contributed by atoms with van der Waals surface area (Å²) >= 11 is 0. The predicted octanol–water partition coefficient (Wildman–Crippen LogP) is 2.82. The highest BCUT2D eigenvalue weighted by Crippen LogP contribution is 2.17. The van der Waals surface area contributed by atoms with Crippen molar-refractivity contribution < 1.29 is 9.59 Å². The molecule has 0 aliphatic heterocycles. The number of carbonyl (C=O) groups excluding carboxylic acids is 2. The number of ketones is 1. The first kappa shape index (κ1) is 18.2. The van der Waals surface area contributed by atoms with Gasteiger partial charge in [-0.25, -0.2) is 9.97 Å². The normalized spacial score (nSPS) is 14.8. The number of hydrogen-bond acceptors (Lipinski definition) is 4. The molecule has 5 nitrogen and oxygen atoms in total. The number of nitrogens with zero attached hydrogens (tertiary/aromatic N) is 2. The van der Waals surface area contributed by atoms with E-state index in [4.69, 9.17) is 0 Å². The van der Waals surface area contributed by atoms with E-state index < -0.39 is 11.7 Å². The van der Waals surface area contributed by atoms with E-state index in [1.54, 1.807) is 0 Å². The van der Waals surface area contributed by atoms with Crippen molar-refractivity contribution in [2.24, 2.45) is 0 Å². The second kappa shape index (κ2) is 9.22. The summed E-state index contributed by atoms with van der Waals surface area (Å²) in [6, 6.07) is 12.2. The lowest BCUT2D eigenvalue weighted by Gasteiger charge is -2.22. The molecule has 1 heterocycles. The Morgan fingerprint density at radius 1 is 0.962 bits per heavy atom. The van der Waals surface area contributed by atoms with Gasteiger partial charge in [0, 0.05) is 11.7 Å². The first-order chi connectivity index (χ1) is 12.7. The zero-order valence-corrected chi connectivity index (χ0v) is 15.0.